The van der Waals surface area contributed by atoms with E-state index in [1.54, 1.807) is 14.0 Å². The van der Waals surface area contributed by atoms with Crippen molar-refractivity contribution >= 4 is 29.7 Å². The Bertz CT molecular complexity index is 332. The van der Waals surface area contributed by atoms with Gasteiger partial charge in [-0.25, -0.2) is 9.78 Å². The number of hydrogen-bond donors (Lipinski definition) is 0. The van der Waals surface area contributed by atoms with Crippen LogP contribution in [0.4, 0.5) is 0 Å². The predicted molar refractivity (Wildman–Crippen MR) is 66.9 cm³/mol. The summed E-state index contributed by atoms with van der Waals surface area (Å²) < 4.78 is 15.0. The highest BCUT2D eigenvalue weighted by Gasteiger charge is 2.10. The maximum Gasteiger partial charge on any atom is 0.349 e. The highest BCUT2D eigenvalue weighted by Crippen LogP contribution is 2.14. The Morgan fingerprint density at radius 2 is 2.24 bits per heavy atom. The standard InChI is InChI=1S/C10H15NO4S.ClH/c1-3-15-10(12)8-6-11-9(16-8)7-14-5-4-13-2;/h6H,3-5,7H2,1-2H3;1H. The van der Waals surface area contributed by atoms with Gasteiger partial charge in [0, 0.05) is 7.11 Å². The van der Waals surface area contributed by atoms with E-state index in [-0.39, 0.29) is 18.4 Å². The molecule has 0 atom stereocenters. The van der Waals surface area contributed by atoms with Gasteiger partial charge in [0.1, 0.15) is 9.88 Å². The monoisotopic (exact) mass is 281 g/mol. The fraction of sp³-hybridized carbons (Fsp3) is 0.600. The minimum atomic E-state index is -0.330. The van der Waals surface area contributed by atoms with E-state index in [1.165, 1.54) is 17.5 Å². The molecule has 0 aliphatic carbocycles. The lowest BCUT2D eigenvalue weighted by Gasteiger charge is -1.99. The Kier molecular flexibility index (Phi) is 8.97. The Morgan fingerprint density at radius 3 is 2.88 bits per heavy atom. The quantitative estimate of drug-likeness (QED) is 0.564. The van der Waals surface area contributed by atoms with Gasteiger partial charge in [-0.2, -0.15) is 0 Å². The first kappa shape index (κ1) is 16.3. The molecule has 5 nitrogen and oxygen atoms in total. The van der Waals surface area contributed by atoms with Gasteiger partial charge in [-0.05, 0) is 6.92 Å². The van der Waals surface area contributed by atoms with Crippen molar-refractivity contribution in [1.82, 2.24) is 4.98 Å². The molecule has 1 rings (SSSR count). The molecular weight excluding hydrogens is 266 g/mol. The average molecular weight is 282 g/mol. The number of hydrogen-bond acceptors (Lipinski definition) is 6. The first-order valence-electron chi connectivity index (χ1n) is 4.96. The van der Waals surface area contributed by atoms with Crippen LogP contribution in [-0.2, 0) is 20.8 Å². The molecule has 0 N–H and O–H groups in total. The molecule has 0 fully saturated rings. The molecule has 1 heterocycles. The number of methoxy groups -OCH3 is 1. The molecule has 1 aromatic heterocycles. The minimum absolute atomic E-state index is 0. The normalized spacial score (nSPS) is 9.76. The maximum absolute atomic E-state index is 11.3. The summed E-state index contributed by atoms with van der Waals surface area (Å²) in [5.74, 6) is -0.330. The first-order valence-corrected chi connectivity index (χ1v) is 5.78. The van der Waals surface area contributed by atoms with Crippen LogP contribution in [0, 0.1) is 0 Å². The molecule has 0 saturated carbocycles. The molecule has 98 valence electrons. The lowest BCUT2D eigenvalue weighted by molar-refractivity contribution is 0.0532. The van der Waals surface area contributed by atoms with Crippen LogP contribution in [0.5, 0.6) is 0 Å². The fourth-order valence-electron chi connectivity index (χ4n) is 0.975. The van der Waals surface area contributed by atoms with Crippen molar-refractivity contribution in [2.75, 3.05) is 26.9 Å². The number of rotatable bonds is 7. The van der Waals surface area contributed by atoms with Crippen LogP contribution in [-0.4, -0.2) is 37.9 Å². The van der Waals surface area contributed by atoms with Gasteiger partial charge in [-0.15, -0.1) is 23.7 Å². The molecule has 0 aliphatic rings. The van der Waals surface area contributed by atoms with E-state index in [4.69, 9.17) is 14.2 Å². The third kappa shape index (κ3) is 5.97. The van der Waals surface area contributed by atoms with Gasteiger partial charge in [-0.3, -0.25) is 0 Å². The minimum Gasteiger partial charge on any atom is -0.462 e. The molecular formula is C10H16ClNO4S. The summed E-state index contributed by atoms with van der Waals surface area (Å²) in [6.45, 7) is 3.61. The summed E-state index contributed by atoms with van der Waals surface area (Å²) in [6, 6.07) is 0. The second-order valence-corrected chi connectivity index (χ2v) is 4.00. The molecule has 1 aromatic rings. The maximum atomic E-state index is 11.3. The summed E-state index contributed by atoms with van der Waals surface area (Å²) in [7, 11) is 1.62. The second kappa shape index (κ2) is 9.35. The molecule has 0 unspecified atom stereocenters. The Labute approximate surface area is 111 Å². The number of carbonyl (C=O) groups excluding carboxylic acids is 1. The zero-order chi connectivity index (χ0) is 11.8. The van der Waals surface area contributed by atoms with E-state index in [9.17, 15) is 4.79 Å². The third-order valence-electron chi connectivity index (χ3n) is 1.69. The van der Waals surface area contributed by atoms with E-state index in [2.05, 4.69) is 4.98 Å². The summed E-state index contributed by atoms with van der Waals surface area (Å²) in [4.78, 5) is 15.9. The van der Waals surface area contributed by atoms with Gasteiger partial charge in [0.25, 0.3) is 0 Å². The second-order valence-electron chi connectivity index (χ2n) is 2.88. The average Bonchev–Trinajstić information content (AvgIpc) is 2.73. The number of carbonyl (C=O) groups is 1. The van der Waals surface area contributed by atoms with Crippen molar-refractivity contribution in [3.8, 4) is 0 Å². The van der Waals surface area contributed by atoms with Crippen LogP contribution >= 0.6 is 23.7 Å². The molecule has 0 aromatic carbocycles. The fourth-order valence-corrected chi connectivity index (χ4v) is 1.72. The zero-order valence-electron chi connectivity index (χ0n) is 9.80. The number of halogens is 1. The van der Waals surface area contributed by atoms with Crippen LogP contribution in [0.3, 0.4) is 0 Å². The molecule has 0 bridgehead atoms. The van der Waals surface area contributed by atoms with Crippen molar-refractivity contribution in [2.24, 2.45) is 0 Å². The van der Waals surface area contributed by atoms with Gasteiger partial charge in [-0.1, -0.05) is 0 Å². The lowest BCUT2D eigenvalue weighted by Crippen LogP contribution is -2.02. The summed E-state index contributed by atoms with van der Waals surface area (Å²) in [5, 5.41) is 0.763. The van der Waals surface area contributed by atoms with Gasteiger partial charge < -0.3 is 14.2 Å². The van der Waals surface area contributed by atoms with Crippen LogP contribution in [0.15, 0.2) is 6.20 Å². The van der Waals surface area contributed by atoms with Gasteiger partial charge in [0.05, 0.1) is 32.6 Å². The van der Waals surface area contributed by atoms with E-state index in [0.717, 1.165) is 5.01 Å². The highest BCUT2D eigenvalue weighted by atomic mass is 35.5. The predicted octanol–water partition coefficient (Wildman–Crippen LogP) is 1.90. The largest absolute Gasteiger partial charge is 0.462 e. The van der Waals surface area contributed by atoms with Crippen molar-refractivity contribution in [3.63, 3.8) is 0 Å². The van der Waals surface area contributed by atoms with Crippen molar-refractivity contribution in [2.45, 2.75) is 13.5 Å². The SMILES string of the molecule is CCOC(=O)c1cnc(COCCOC)s1.Cl. The van der Waals surface area contributed by atoms with Crippen LogP contribution in [0.1, 0.15) is 21.6 Å². The van der Waals surface area contributed by atoms with Crippen LogP contribution in [0.2, 0.25) is 0 Å². The van der Waals surface area contributed by atoms with E-state index in [0.29, 0.717) is 31.3 Å². The molecule has 0 spiro atoms. The summed E-state index contributed by atoms with van der Waals surface area (Å²) in [5.41, 5.74) is 0. The summed E-state index contributed by atoms with van der Waals surface area (Å²) >= 11 is 1.29. The molecule has 0 amide bonds. The van der Waals surface area contributed by atoms with E-state index in [1.807, 2.05) is 0 Å². The van der Waals surface area contributed by atoms with Crippen molar-refractivity contribution < 1.29 is 19.0 Å². The Balaban J connectivity index is 0.00000256. The number of thiazole rings is 1. The molecule has 17 heavy (non-hydrogen) atoms. The number of nitrogens with zero attached hydrogens (tertiary/aromatic N) is 1. The van der Waals surface area contributed by atoms with E-state index >= 15 is 0 Å². The van der Waals surface area contributed by atoms with Crippen molar-refractivity contribution in [3.05, 3.63) is 16.1 Å². The lowest BCUT2D eigenvalue weighted by atomic mass is 10.5. The Hall–Kier alpha value is -0.690. The number of aromatic nitrogens is 1. The number of esters is 1. The molecule has 7 heteroatoms. The van der Waals surface area contributed by atoms with Gasteiger partial charge in [0.15, 0.2) is 0 Å². The Morgan fingerprint density at radius 1 is 1.47 bits per heavy atom. The smallest absolute Gasteiger partial charge is 0.349 e. The molecule has 0 aliphatic heterocycles. The number of ether oxygens (including phenoxy) is 3. The van der Waals surface area contributed by atoms with E-state index < -0.39 is 0 Å². The van der Waals surface area contributed by atoms with Gasteiger partial charge >= 0.3 is 5.97 Å². The molecule has 0 radical (unpaired) electrons. The highest BCUT2D eigenvalue weighted by molar-refractivity contribution is 7.13. The summed E-state index contributed by atoms with van der Waals surface area (Å²) in [6.07, 6.45) is 1.51. The topological polar surface area (TPSA) is 57.7 Å². The van der Waals surface area contributed by atoms with Crippen LogP contribution < -0.4 is 0 Å². The molecule has 0 saturated heterocycles. The zero-order valence-corrected chi connectivity index (χ0v) is 11.4. The van der Waals surface area contributed by atoms with Crippen LogP contribution in [0.25, 0.3) is 0 Å². The first-order chi connectivity index (χ1) is 7.77. The van der Waals surface area contributed by atoms with Gasteiger partial charge in [0.2, 0.25) is 0 Å². The van der Waals surface area contributed by atoms with Crippen molar-refractivity contribution in [1.29, 1.82) is 0 Å². The third-order valence-corrected chi connectivity index (χ3v) is 2.64.